The molecule has 4 rings (SSSR count). The van der Waals surface area contributed by atoms with Gasteiger partial charge in [0, 0.05) is 18.1 Å². The number of fused-ring (bicyclic) bond motifs is 3. The molecule has 0 saturated heterocycles. The third-order valence-electron chi connectivity index (χ3n) is 5.41. The molecule has 198 valence electrons. The average molecular weight is 592 g/mol. The van der Waals surface area contributed by atoms with Crippen molar-refractivity contribution in [3.63, 3.8) is 0 Å². The van der Waals surface area contributed by atoms with Gasteiger partial charge in [-0.25, -0.2) is 0 Å². The Morgan fingerprint density at radius 1 is 1.16 bits per heavy atom. The van der Waals surface area contributed by atoms with E-state index in [0.29, 0.717) is 16.3 Å². The van der Waals surface area contributed by atoms with Crippen LogP contribution in [0.2, 0.25) is 0 Å². The lowest BCUT2D eigenvalue weighted by Crippen LogP contribution is -2.25. The predicted octanol–water partition coefficient (Wildman–Crippen LogP) is 5.21. The summed E-state index contributed by atoms with van der Waals surface area (Å²) in [5.41, 5.74) is -1.20. The number of aliphatic hydroxyl groups excluding tert-OH is 1. The summed E-state index contributed by atoms with van der Waals surface area (Å²) in [4.78, 5) is 11.9. The van der Waals surface area contributed by atoms with Gasteiger partial charge in [-0.05, 0) is 47.1 Å². The number of nitrogens with zero attached hydrogens (tertiary/aromatic N) is 3. The van der Waals surface area contributed by atoms with Crippen LogP contribution in [0.1, 0.15) is 54.6 Å². The Morgan fingerprint density at radius 2 is 1.89 bits per heavy atom. The molecule has 2 aromatic carbocycles. The molecule has 1 aliphatic rings. The molecule has 2 atom stereocenters. The Hall–Kier alpha value is -3.10. The number of carbonyl (C=O) groups is 1. The first-order chi connectivity index (χ1) is 17.4. The third-order valence-corrected chi connectivity index (χ3v) is 6.26. The van der Waals surface area contributed by atoms with E-state index in [-0.39, 0.29) is 23.4 Å². The van der Waals surface area contributed by atoms with Crippen molar-refractivity contribution >= 4 is 21.9 Å². The highest BCUT2D eigenvalue weighted by molar-refractivity contribution is 9.10. The average Bonchev–Trinajstić information content (AvgIpc) is 3.23. The number of hydrogen-bond donors (Lipinski definition) is 1. The molecule has 0 saturated carbocycles. The Bertz CT molecular complexity index is 1330. The number of esters is 1. The lowest BCUT2D eigenvalue weighted by molar-refractivity contribution is -0.189. The van der Waals surface area contributed by atoms with E-state index in [4.69, 9.17) is 14.2 Å². The third kappa shape index (κ3) is 5.05. The summed E-state index contributed by atoms with van der Waals surface area (Å²) in [6, 6.07) is 7.13. The van der Waals surface area contributed by atoms with E-state index in [1.54, 1.807) is 19.1 Å². The maximum atomic E-state index is 14.7. The van der Waals surface area contributed by atoms with Gasteiger partial charge in [-0.15, -0.1) is 10.2 Å². The van der Waals surface area contributed by atoms with Crippen molar-refractivity contribution in [3.05, 3.63) is 69.2 Å². The first-order valence-electron chi connectivity index (χ1n) is 10.8. The number of aromatic nitrogens is 3. The molecule has 37 heavy (non-hydrogen) atoms. The molecule has 1 aromatic heterocycles. The van der Waals surface area contributed by atoms with E-state index in [0.717, 1.165) is 23.6 Å². The number of rotatable bonds is 6. The molecule has 2 heterocycles. The summed E-state index contributed by atoms with van der Waals surface area (Å²) < 4.78 is 88.3. The van der Waals surface area contributed by atoms with Gasteiger partial charge in [0.05, 0.1) is 22.3 Å². The van der Waals surface area contributed by atoms with E-state index in [2.05, 4.69) is 26.1 Å². The molecule has 0 aliphatic carbocycles. The number of ether oxygens (including phenoxy) is 3. The van der Waals surface area contributed by atoms with Crippen molar-refractivity contribution in [1.29, 1.82) is 0 Å². The van der Waals surface area contributed by atoms with Crippen LogP contribution in [-0.2, 0) is 26.4 Å². The zero-order chi connectivity index (χ0) is 27.1. The Morgan fingerprint density at radius 3 is 2.51 bits per heavy atom. The minimum Gasteiger partial charge on any atom is -0.493 e. The van der Waals surface area contributed by atoms with Crippen LogP contribution in [0.15, 0.2) is 40.9 Å². The second kappa shape index (κ2) is 9.99. The van der Waals surface area contributed by atoms with Crippen molar-refractivity contribution in [3.8, 4) is 11.4 Å². The number of aliphatic hydroxyl groups is 1. The van der Waals surface area contributed by atoms with Gasteiger partial charge in [-0.3, -0.25) is 9.36 Å². The number of hydrogen-bond acceptors (Lipinski definition) is 7. The van der Waals surface area contributed by atoms with Gasteiger partial charge in [-0.2, -0.15) is 22.0 Å². The summed E-state index contributed by atoms with van der Waals surface area (Å²) in [6.45, 7) is 1.39. The van der Waals surface area contributed by atoms with Gasteiger partial charge in [-0.1, -0.05) is 12.1 Å². The van der Waals surface area contributed by atoms with E-state index in [1.807, 2.05) is 0 Å². The lowest BCUT2D eigenvalue weighted by atomic mass is 9.97. The largest absolute Gasteiger partial charge is 0.493 e. The summed E-state index contributed by atoms with van der Waals surface area (Å²) in [6.07, 6.45) is -7.91. The normalized spacial score (nSPS) is 17.5. The predicted molar refractivity (Wildman–Crippen MR) is 120 cm³/mol. The van der Waals surface area contributed by atoms with Gasteiger partial charge < -0.3 is 19.3 Å². The summed E-state index contributed by atoms with van der Waals surface area (Å²) in [5, 5.41) is 16.4. The molecule has 0 unspecified atom stereocenters. The zero-order valence-corrected chi connectivity index (χ0v) is 20.8. The van der Waals surface area contributed by atoms with Gasteiger partial charge in [0.15, 0.2) is 0 Å². The van der Waals surface area contributed by atoms with Crippen molar-refractivity contribution in [2.45, 2.75) is 38.3 Å². The fraction of sp³-hybridized carbons (Fsp3) is 0.348. The maximum absolute atomic E-state index is 14.7. The Balaban J connectivity index is 2.06. The number of alkyl halides is 5. The van der Waals surface area contributed by atoms with E-state index in [9.17, 15) is 31.9 Å². The summed E-state index contributed by atoms with van der Waals surface area (Å²) >= 11 is 3.38. The second-order valence-electron chi connectivity index (χ2n) is 7.90. The second-order valence-corrected chi connectivity index (χ2v) is 8.69. The Labute approximate surface area is 215 Å². The van der Waals surface area contributed by atoms with Gasteiger partial charge >= 0.3 is 18.1 Å². The zero-order valence-electron chi connectivity index (χ0n) is 19.2. The molecule has 0 fully saturated rings. The fourth-order valence-corrected chi connectivity index (χ4v) is 4.45. The molecule has 8 nitrogen and oxygen atoms in total. The molecule has 0 bridgehead atoms. The molecule has 0 spiro atoms. The minimum atomic E-state index is -4.78. The van der Waals surface area contributed by atoms with Gasteiger partial charge in [0.25, 0.3) is 6.29 Å². The maximum Gasteiger partial charge on any atom is 0.416 e. The number of benzene rings is 2. The van der Waals surface area contributed by atoms with E-state index < -0.39 is 54.3 Å². The SMILES string of the molecule is CCOc1cccc([C@H]2O[C@H](OC(C)=O)c3nnc(C(F)(F)CO)n3-c3ccc(C(F)(F)F)cc32)c1Br. The van der Waals surface area contributed by atoms with Crippen LogP contribution in [0.5, 0.6) is 5.75 Å². The first-order valence-corrected chi connectivity index (χ1v) is 11.6. The smallest absolute Gasteiger partial charge is 0.416 e. The van der Waals surface area contributed by atoms with Crippen LogP contribution in [0.25, 0.3) is 5.69 Å². The highest BCUT2D eigenvalue weighted by Gasteiger charge is 2.44. The van der Waals surface area contributed by atoms with Gasteiger partial charge in [0.1, 0.15) is 18.5 Å². The van der Waals surface area contributed by atoms with Crippen molar-refractivity contribution < 1.29 is 46.1 Å². The lowest BCUT2D eigenvalue weighted by Gasteiger charge is -2.24. The highest BCUT2D eigenvalue weighted by atomic mass is 79.9. The summed E-state index contributed by atoms with van der Waals surface area (Å²) in [7, 11) is 0. The Kier molecular flexibility index (Phi) is 7.27. The fourth-order valence-electron chi connectivity index (χ4n) is 3.87. The molecule has 0 radical (unpaired) electrons. The number of halogens is 6. The molecule has 14 heteroatoms. The van der Waals surface area contributed by atoms with Crippen LogP contribution < -0.4 is 4.74 Å². The first kappa shape index (κ1) is 26.9. The topological polar surface area (TPSA) is 95.7 Å². The molecular weight excluding hydrogens is 573 g/mol. The number of carbonyl (C=O) groups excluding carboxylic acids is 1. The van der Waals surface area contributed by atoms with Crippen LogP contribution in [0.4, 0.5) is 22.0 Å². The van der Waals surface area contributed by atoms with E-state index >= 15 is 0 Å². The minimum absolute atomic E-state index is 0.190. The molecule has 1 N–H and O–H groups in total. The van der Waals surface area contributed by atoms with Crippen molar-refractivity contribution in [1.82, 2.24) is 14.8 Å². The highest BCUT2D eigenvalue weighted by Crippen LogP contribution is 2.46. The molecule has 3 aromatic rings. The van der Waals surface area contributed by atoms with Crippen LogP contribution >= 0.6 is 15.9 Å². The standard InChI is InChI=1S/C23H19BrF5N3O5/c1-3-35-16-6-4-5-13(17(16)24)18-14-9-12(23(27,28)29)7-8-15(14)32-19(20(37-18)36-11(2)34)30-31-21(32)22(25,26)10-33/h4-9,18,20,33H,3,10H2,1-2H3/t18-,20+/m1/s1. The van der Waals surface area contributed by atoms with Gasteiger partial charge in [0.2, 0.25) is 11.6 Å². The molecular formula is C23H19BrF5N3O5. The van der Waals surface area contributed by atoms with Crippen LogP contribution in [0.3, 0.4) is 0 Å². The van der Waals surface area contributed by atoms with Crippen molar-refractivity contribution in [2.24, 2.45) is 0 Å². The monoisotopic (exact) mass is 591 g/mol. The van der Waals surface area contributed by atoms with Crippen LogP contribution in [-0.4, -0.2) is 39.1 Å². The molecule has 0 amide bonds. The van der Waals surface area contributed by atoms with E-state index in [1.165, 1.54) is 6.07 Å². The molecule has 1 aliphatic heterocycles. The summed E-state index contributed by atoms with van der Waals surface area (Å²) in [5.74, 6) is -5.98. The quantitative estimate of drug-likeness (QED) is 0.310. The van der Waals surface area contributed by atoms with Crippen molar-refractivity contribution in [2.75, 3.05) is 13.2 Å². The van der Waals surface area contributed by atoms with Crippen LogP contribution in [0, 0.1) is 0 Å².